The summed E-state index contributed by atoms with van der Waals surface area (Å²) in [6.45, 7) is 7.05. The van der Waals surface area contributed by atoms with Crippen LogP contribution in [-0.4, -0.2) is 32.3 Å². The minimum Gasteiger partial charge on any atom is -0.478 e. The molecule has 0 saturated heterocycles. The lowest BCUT2D eigenvalue weighted by Gasteiger charge is -2.19. The highest BCUT2D eigenvalue weighted by Gasteiger charge is 2.28. The number of hydrogen-bond acceptors (Lipinski definition) is 3. The lowest BCUT2D eigenvalue weighted by Crippen LogP contribution is -2.41. The minimum atomic E-state index is -1.19. The number of carboxylic acids is 1. The smallest absolute Gasteiger partial charge is 0.340 e. The van der Waals surface area contributed by atoms with Crippen LogP contribution in [0.5, 0.6) is 0 Å². The Morgan fingerprint density at radius 2 is 1.78 bits per heavy atom. The molecule has 2 N–H and O–H groups in total. The van der Waals surface area contributed by atoms with Crippen molar-refractivity contribution in [3.8, 4) is 5.69 Å². The second-order valence-electron chi connectivity index (χ2n) is 6.21. The Bertz CT molecular complexity index is 758. The van der Waals surface area contributed by atoms with Gasteiger partial charge in [0.05, 0.1) is 11.4 Å². The van der Waals surface area contributed by atoms with Gasteiger partial charge >= 0.3 is 5.97 Å². The first-order valence-corrected chi connectivity index (χ1v) is 7.39. The molecule has 2 aromatic rings. The van der Waals surface area contributed by atoms with Gasteiger partial charge in [-0.3, -0.25) is 4.79 Å². The first kappa shape index (κ1) is 17.0. The third kappa shape index (κ3) is 3.71. The van der Waals surface area contributed by atoms with E-state index in [4.69, 9.17) is 11.6 Å². The maximum Gasteiger partial charge on any atom is 0.340 e. The second kappa shape index (κ2) is 6.04. The zero-order valence-electron chi connectivity index (χ0n) is 13.3. The highest BCUT2D eigenvalue weighted by Crippen LogP contribution is 2.20. The van der Waals surface area contributed by atoms with Gasteiger partial charge < -0.3 is 10.4 Å². The molecule has 0 spiro atoms. The Hall–Kier alpha value is -2.34. The molecule has 1 amide bonds. The Labute approximate surface area is 139 Å². The van der Waals surface area contributed by atoms with E-state index in [0.717, 1.165) is 0 Å². The van der Waals surface area contributed by atoms with Gasteiger partial charge in [-0.2, -0.15) is 5.10 Å². The maximum atomic E-state index is 12.4. The van der Waals surface area contributed by atoms with Crippen LogP contribution in [0, 0.1) is 6.92 Å². The Morgan fingerprint density at radius 3 is 2.26 bits per heavy atom. The fourth-order valence-electron chi connectivity index (χ4n) is 2.15. The van der Waals surface area contributed by atoms with Crippen molar-refractivity contribution in [2.45, 2.75) is 33.2 Å². The van der Waals surface area contributed by atoms with Crippen LogP contribution in [0.15, 0.2) is 24.3 Å². The molecule has 0 aliphatic heterocycles. The maximum absolute atomic E-state index is 12.4. The van der Waals surface area contributed by atoms with E-state index in [0.29, 0.717) is 16.4 Å². The highest BCUT2D eigenvalue weighted by atomic mass is 35.5. The number of rotatable bonds is 3. The SMILES string of the molecule is Cc1c(C(=O)O)c(C(=O)NC(C)(C)C)nn1-c1ccc(Cl)cc1. The second-order valence-corrected chi connectivity index (χ2v) is 6.64. The molecule has 0 bridgehead atoms. The number of hydrogen-bond donors (Lipinski definition) is 2. The molecule has 122 valence electrons. The summed E-state index contributed by atoms with van der Waals surface area (Å²) >= 11 is 5.86. The number of amides is 1. The minimum absolute atomic E-state index is 0.110. The van der Waals surface area contributed by atoms with Crippen LogP contribution in [0.2, 0.25) is 5.02 Å². The molecule has 0 saturated carbocycles. The molecule has 7 heteroatoms. The lowest BCUT2D eigenvalue weighted by atomic mass is 10.1. The van der Waals surface area contributed by atoms with E-state index >= 15 is 0 Å². The molecule has 0 aliphatic carbocycles. The van der Waals surface area contributed by atoms with Gasteiger partial charge in [0.25, 0.3) is 5.91 Å². The van der Waals surface area contributed by atoms with Crippen LogP contribution in [-0.2, 0) is 0 Å². The summed E-state index contributed by atoms with van der Waals surface area (Å²) in [6.07, 6.45) is 0. The summed E-state index contributed by atoms with van der Waals surface area (Å²) in [5.41, 5.74) is 0.287. The molecule has 0 aliphatic rings. The summed E-state index contributed by atoms with van der Waals surface area (Å²) in [5.74, 6) is -1.72. The largest absolute Gasteiger partial charge is 0.478 e. The van der Waals surface area contributed by atoms with Crippen molar-refractivity contribution in [1.82, 2.24) is 15.1 Å². The monoisotopic (exact) mass is 335 g/mol. The number of carboxylic acid groups (broad SMARTS) is 1. The number of benzene rings is 1. The Kier molecular flexibility index (Phi) is 4.47. The first-order valence-electron chi connectivity index (χ1n) is 7.01. The van der Waals surface area contributed by atoms with Crippen LogP contribution in [0.4, 0.5) is 0 Å². The van der Waals surface area contributed by atoms with E-state index in [1.165, 1.54) is 4.68 Å². The quantitative estimate of drug-likeness (QED) is 0.902. The van der Waals surface area contributed by atoms with E-state index in [-0.39, 0.29) is 11.3 Å². The van der Waals surface area contributed by atoms with Crippen molar-refractivity contribution in [3.63, 3.8) is 0 Å². The van der Waals surface area contributed by atoms with Gasteiger partial charge in [0.15, 0.2) is 5.69 Å². The molecular weight excluding hydrogens is 318 g/mol. The van der Waals surface area contributed by atoms with Crippen LogP contribution < -0.4 is 5.32 Å². The first-order chi connectivity index (χ1) is 10.6. The molecule has 0 unspecified atom stereocenters. The fraction of sp³-hybridized carbons (Fsp3) is 0.312. The summed E-state index contributed by atoms with van der Waals surface area (Å²) in [4.78, 5) is 23.9. The van der Waals surface area contributed by atoms with Gasteiger partial charge in [0.1, 0.15) is 5.56 Å². The highest BCUT2D eigenvalue weighted by molar-refractivity contribution is 6.30. The number of nitrogens with zero attached hydrogens (tertiary/aromatic N) is 2. The number of carbonyl (C=O) groups is 2. The van der Waals surface area contributed by atoms with Crippen LogP contribution in [0.1, 0.15) is 47.3 Å². The van der Waals surface area contributed by atoms with E-state index in [9.17, 15) is 14.7 Å². The van der Waals surface area contributed by atoms with Gasteiger partial charge in [-0.05, 0) is 52.0 Å². The van der Waals surface area contributed by atoms with E-state index in [2.05, 4.69) is 10.4 Å². The third-order valence-electron chi connectivity index (χ3n) is 3.10. The molecule has 2 rings (SSSR count). The topological polar surface area (TPSA) is 84.2 Å². The average molecular weight is 336 g/mol. The summed E-state index contributed by atoms with van der Waals surface area (Å²) < 4.78 is 1.43. The van der Waals surface area contributed by atoms with Crippen molar-refractivity contribution in [1.29, 1.82) is 0 Å². The molecule has 23 heavy (non-hydrogen) atoms. The van der Waals surface area contributed by atoms with Gasteiger partial charge in [0, 0.05) is 10.6 Å². The molecule has 1 aromatic heterocycles. The van der Waals surface area contributed by atoms with Crippen molar-refractivity contribution < 1.29 is 14.7 Å². The van der Waals surface area contributed by atoms with Crippen molar-refractivity contribution in [2.75, 3.05) is 0 Å². The summed E-state index contributed by atoms with van der Waals surface area (Å²) in [6, 6.07) is 6.76. The number of aromatic nitrogens is 2. The summed E-state index contributed by atoms with van der Waals surface area (Å²) in [5, 5.41) is 16.9. The van der Waals surface area contributed by atoms with E-state index in [1.807, 2.05) is 20.8 Å². The molecule has 1 heterocycles. The van der Waals surface area contributed by atoms with Crippen molar-refractivity contribution in [3.05, 3.63) is 46.2 Å². The predicted molar refractivity (Wildman–Crippen MR) is 87.5 cm³/mol. The predicted octanol–water partition coefficient (Wildman–Crippen LogP) is 3.06. The van der Waals surface area contributed by atoms with Crippen LogP contribution in [0.25, 0.3) is 5.69 Å². The molecule has 0 radical (unpaired) electrons. The van der Waals surface area contributed by atoms with Crippen LogP contribution in [0.3, 0.4) is 0 Å². The standard InChI is InChI=1S/C16H18ClN3O3/c1-9-12(15(22)23)13(14(21)18-16(2,3)4)19-20(9)11-7-5-10(17)6-8-11/h5-8H,1-4H3,(H,18,21)(H,22,23). The fourth-order valence-corrected chi connectivity index (χ4v) is 2.28. The number of carbonyl (C=O) groups excluding carboxylic acids is 1. The Balaban J connectivity index is 2.55. The van der Waals surface area contributed by atoms with Gasteiger partial charge in [-0.25, -0.2) is 9.48 Å². The molecule has 0 fully saturated rings. The molecule has 6 nitrogen and oxygen atoms in total. The molecule has 0 atom stereocenters. The number of nitrogens with one attached hydrogen (secondary N) is 1. The van der Waals surface area contributed by atoms with E-state index < -0.39 is 17.4 Å². The lowest BCUT2D eigenvalue weighted by molar-refractivity contribution is 0.0689. The average Bonchev–Trinajstić information content (AvgIpc) is 2.75. The van der Waals surface area contributed by atoms with Gasteiger partial charge in [-0.15, -0.1) is 0 Å². The van der Waals surface area contributed by atoms with Crippen molar-refractivity contribution in [2.24, 2.45) is 0 Å². The molecular formula is C16H18ClN3O3. The third-order valence-corrected chi connectivity index (χ3v) is 3.36. The van der Waals surface area contributed by atoms with Crippen molar-refractivity contribution >= 4 is 23.5 Å². The number of aromatic carboxylic acids is 1. The molecule has 1 aromatic carbocycles. The van der Waals surface area contributed by atoms with Gasteiger partial charge in [0.2, 0.25) is 0 Å². The zero-order chi connectivity index (χ0) is 17.4. The van der Waals surface area contributed by atoms with Crippen LogP contribution >= 0.6 is 11.6 Å². The zero-order valence-corrected chi connectivity index (χ0v) is 14.1. The van der Waals surface area contributed by atoms with E-state index in [1.54, 1.807) is 31.2 Å². The number of halogens is 1. The summed E-state index contributed by atoms with van der Waals surface area (Å²) in [7, 11) is 0. The van der Waals surface area contributed by atoms with Gasteiger partial charge in [-0.1, -0.05) is 11.6 Å². The normalized spacial score (nSPS) is 11.3. The Morgan fingerprint density at radius 1 is 1.22 bits per heavy atom.